The standard InChI is InChI=1S/C19H27BrN2O2/c1-24-19(23)17-11-16(20)12-21-18(17)22-9-5-8-15(13-22)10-14-6-3-2-4-7-14/h11-12,14-15H,2-10,13H2,1H3. The molecule has 2 aliphatic rings. The first-order valence-corrected chi connectivity index (χ1v) is 9.95. The largest absolute Gasteiger partial charge is 0.465 e. The number of piperidine rings is 1. The van der Waals surface area contributed by atoms with Crippen molar-refractivity contribution in [2.75, 3.05) is 25.1 Å². The second-order valence-electron chi connectivity index (χ2n) is 7.21. The molecule has 1 saturated carbocycles. The molecule has 2 heterocycles. The van der Waals surface area contributed by atoms with E-state index in [4.69, 9.17) is 4.74 Å². The average molecular weight is 395 g/mol. The number of rotatable bonds is 4. The minimum absolute atomic E-state index is 0.312. The number of halogens is 1. The number of esters is 1. The number of aromatic nitrogens is 1. The number of anilines is 1. The van der Waals surface area contributed by atoms with Gasteiger partial charge in [0.1, 0.15) is 11.4 Å². The fraction of sp³-hybridized carbons (Fsp3) is 0.684. The van der Waals surface area contributed by atoms with Crippen molar-refractivity contribution < 1.29 is 9.53 Å². The number of carbonyl (C=O) groups is 1. The van der Waals surface area contributed by atoms with Crippen LogP contribution in [0.4, 0.5) is 5.82 Å². The summed E-state index contributed by atoms with van der Waals surface area (Å²) in [6.45, 7) is 1.98. The van der Waals surface area contributed by atoms with Crippen molar-refractivity contribution in [3.63, 3.8) is 0 Å². The van der Waals surface area contributed by atoms with E-state index >= 15 is 0 Å². The number of pyridine rings is 1. The Morgan fingerprint density at radius 2 is 2.00 bits per heavy atom. The minimum Gasteiger partial charge on any atom is -0.465 e. The lowest BCUT2D eigenvalue weighted by molar-refractivity contribution is 0.0600. The first-order valence-electron chi connectivity index (χ1n) is 9.16. The van der Waals surface area contributed by atoms with E-state index in [0.717, 1.165) is 35.2 Å². The molecule has 4 nitrogen and oxygen atoms in total. The van der Waals surface area contributed by atoms with E-state index in [9.17, 15) is 4.79 Å². The number of ether oxygens (including phenoxy) is 1. The highest BCUT2D eigenvalue weighted by atomic mass is 79.9. The second kappa shape index (κ2) is 8.32. The number of carbonyl (C=O) groups excluding carboxylic acids is 1. The first kappa shape index (κ1) is 17.7. The van der Waals surface area contributed by atoms with E-state index < -0.39 is 0 Å². The van der Waals surface area contributed by atoms with Crippen LogP contribution in [-0.2, 0) is 4.74 Å². The normalized spacial score (nSPS) is 22.4. The Morgan fingerprint density at radius 3 is 2.75 bits per heavy atom. The van der Waals surface area contributed by atoms with Crippen LogP contribution in [0.15, 0.2) is 16.7 Å². The lowest BCUT2D eigenvalue weighted by Crippen LogP contribution is -2.37. The van der Waals surface area contributed by atoms with Crippen LogP contribution in [0.1, 0.15) is 61.7 Å². The lowest BCUT2D eigenvalue weighted by Gasteiger charge is -2.36. The van der Waals surface area contributed by atoms with Gasteiger partial charge in [0.15, 0.2) is 0 Å². The third kappa shape index (κ3) is 4.29. The van der Waals surface area contributed by atoms with E-state index in [2.05, 4.69) is 25.8 Å². The van der Waals surface area contributed by atoms with Crippen LogP contribution in [-0.4, -0.2) is 31.2 Å². The number of methoxy groups -OCH3 is 1. The maximum Gasteiger partial charge on any atom is 0.341 e. The highest BCUT2D eigenvalue weighted by Gasteiger charge is 2.27. The second-order valence-corrected chi connectivity index (χ2v) is 8.13. The summed E-state index contributed by atoms with van der Waals surface area (Å²) < 4.78 is 5.75. The van der Waals surface area contributed by atoms with E-state index in [1.807, 2.05) is 6.07 Å². The van der Waals surface area contributed by atoms with Gasteiger partial charge < -0.3 is 9.64 Å². The predicted molar refractivity (Wildman–Crippen MR) is 99.4 cm³/mol. The van der Waals surface area contributed by atoms with Crippen LogP contribution >= 0.6 is 15.9 Å². The summed E-state index contributed by atoms with van der Waals surface area (Å²) in [5.41, 5.74) is 0.560. The average Bonchev–Trinajstić information content (AvgIpc) is 2.62. The zero-order chi connectivity index (χ0) is 16.9. The minimum atomic E-state index is -0.312. The van der Waals surface area contributed by atoms with Crippen LogP contribution in [0.3, 0.4) is 0 Å². The molecule has 1 aliphatic carbocycles. The molecule has 1 aliphatic heterocycles. The number of hydrogen-bond donors (Lipinski definition) is 0. The van der Waals surface area contributed by atoms with Crippen molar-refractivity contribution in [3.05, 3.63) is 22.3 Å². The van der Waals surface area contributed by atoms with E-state index in [1.165, 1.54) is 58.5 Å². The molecule has 1 aromatic rings. The molecule has 1 aromatic heterocycles. The Hall–Kier alpha value is -1.10. The molecular formula is C19H27BrN2O2. The van der Waals surface area contributed by atoms with Crippen LogP contribution < -0.4 is 4.90 Å². The molecule has 1 saturated heterocycles. The Morgan fingerprint density at radius 1 is 1.25 bits per heavy atom. The van der Waals surface area contributed by atoms with Crippen molar-refractivity contribution >= 4 is 27.7 Å². The van der Waals surface area contributed by atoms with Gasteiger partial charge in [0, 0.05) is 23.8 Å². The predicted octanol–water partition coefficient (Wildman–Crippen LogP) is 4.82. The maximum atomic E-state index is 12.1. The summed E-state index contributed by atoms with van der Waals surface area (Å²) in [6, 6.07) is 1.82. The molecule has 1 unspecified atom stereocenters. The Balaban J connectivity index is 1.71. The Kier molecular flexibility index (Phi) is 6.14. The number of nitrogens with zero attached hydrogens (tertiary/aromatic N) is 2. The number of hydrogen-bond acceptors (Lipinski definition) is 4. The summed E-state index contributed by atoms with van der Waals surface area (Å²) >= 11 is 3.41. The molecule has 0 bridgehead atoms. The van der Waals surface area contributed by atoms with Gasteiger partial charge in [-0.15, -0.1) is 0 Å². The highest BCUT2D eigenvalue weighted by molar-refractivity contribution is 9.10. The Labute approximate surface area is 153 Å². The Bertz CT molecular complexity index is 572. The first-order chi connectivity index (χ1) is 11.7. The molecule has 3 rings (SSSR count). The van der Waals surface area contributed by atoms with Crippen LogP contribution in [0.25, 0.3) is 0 Å². The van der Waals surface area contributed by atoms with Crippen LogP contribution in [0.2, 0.25) is 0 Å². The van der Waals surface area contributed by atoms with Crippen LogP contribution in [0, 0.1) is 11.8 Å². The highest BCUT2D eigenvalue weighted by Crippen LogP contribution is 2.34. The van der Waals surface area contributed by atoms with Gasteiger partial charge in [-0.25, -0.2) is 9.78 Å². The van der Waals surface area contributed by atoms with Crippen molar-refractivity contribution in [1.82, 2.24) is 4.98 Å². The van der Waals surface area contributed by atoms with Gasteiger partial charge in [-0.05, 0) is 53.1 Å². The fourth-order valence-electron chi connectivity index (χ4n) is 4.29. The van der Waals surface area contributed by atoms with Crippen molar-refractivity contribution in [2.45, 2.75) is 51.4 Å². The zero-order valence-electron chi connectivity index (χ0n) is 14.5. The molecule has 24 heavy (non-hydrogen) atoms. The molecule has 1 atom stereocenters. The summed E-state index contributed by atoms with van der Waals surface area (Å²) in [5, 5.41) is 0. The van der Waals surface area contributed by atoms with Gasteiger partial charge in [-0.2, -0.15) is 0 Å². The van der Waals surface area contributed by atoms with Gasteiger partial charge >= 0.3 is 5.97 Å². The van der Waals surface area contributed by atoms with Crippen molar-refractivity contribution in [2.24, 2.45) is 11.8 Å². The molecule has 5 heteroatoms. The summed E-state index contributed by atoms with van der Waals surface area (Å²) in [4.78, 5) is 18.9. The van der Waals surface area contributed by atoms with E-state index in [0.29, 0.717) is 5.56 Å². The van der Waals surface area contributed by atoms with Crippen molar-refractivity contribution in [1.29, 1.82) is 0 Å². The fourth-order valence-corrected chi connectivity index (χ4v) is 4.62. The van der Waals surface area contributed by atoms with Crippen molar-refractivity contribution in [3.8, 4) is 0 Å². The monoisotopic (exact) mass is 394 g/mol. The molecule has 0 aromatic carbocycles. The maximum absolute atomic E-state index is 12.1. The topological polar surface area (TPSA) is 42.4 Å². The summed E-state index contributed by atoms with van der Waals surface area (Å²) in [7, 11) is 1.43. The zero-order valence-corrected chi connectivity index (χ0v) is 16.1. The SMILES string of the molecule is COC(=O)c1cc(Br)cnc1N1CCCC(CC2CCCCC2)C1. The third-order valence-corrected chi connectivity index (χ3v) is 5.88. The molecule has 0 radical (unpaired) electrons. The lowest BCUT2D eigenvalue weighted by atomic mass is 9.80. The third-order valence-electron chi connectivity index (χ3n) is 5.45. The summed E-state index contributed by atoms with van der Waals surface area (Å²) in [6.07, 6.45) is 12.6. The summed E-state index contributed by atoms with van der Waals surface area (Å²) in [5.74, 6) is 2.09. The van der Waals surface area contributed by atoms with Gasteiger partial charge in [-0.3, -0.25) is 0 Å². The smallest absolute Gasteiger partial charge is 0.341 e. The van der Waals surface area contributed by atoms with E-state index in [-0.39, 0.29) is 5.97 Å². The molecule has 2 fully saturated rings. The van der Waals surface area contributed by atoms with Gasteiger partial charge in [0.2, 0.25) is 0 Å². The van der Waals surface area contributed by atoms with Crippen LogP contribution in [0.5, 0.6) is 0 Å². The molecule has 0 spiro atoms. The molecule has 132 valence electrons. The van der Waals surface area contributed by atoms with Gasteiger partial charge in [0.05, 0.1) is 7.11 Å². The quantitative estimate of drug-likeness (QED) is 0.686. The van der Waals surface area contributed by atoms with E-state index in [1.54, 1.807) is 6.20 Å². The molecule has 0 N–H and O–H groups in total. The van der Waals surface area contributed by atoms with Gasteiger partial charge in [0.25, 0.3) is 0 Å². The molecule has 0 amide bonds. The van der Waals surface area contributed by atoms with Gasteiger partial charge in [-0.1, -0.05) is 32.1 Å². The molecular weight excluding hydrogens is 368 g/mol.